The van der Waals surface area contributed by atoms with Gasteiger partial charge >= 0.3 is 5.97 Å². The number of hydrogen-bond acceptors (Lipinski definition) is 6. The number of hydrogen-bond donors (Lipinski definition) is 0. The highest BCUT2D eigenvalue weighted by Crippen LogP contribution is 2.26. The average Bonchev–Trinajstić information content (AvgIpc) is 2.69. The summed E-state index contributed by atoms with van der Waals surface area (Å²) in [7, 11) is 0. The fourth-order valence-electron chi connectivity index (χ4n) is 2.31. The number of carbonyl (C=O) groups excluding carboxylic acids is 2. The fourth-order valence-corrected chi connectivity index (χ4v) is 3.42. The number of thioether (sulfide) groups is 1. The summed E-state index contributed by atoms with van der Waals surface area (Å²) in [5, 5.41) is 0.655. The molecule has 0 unspecified atom stereocenters. The van der Waals surface area contributed by atoms with Crippen LogP contribution in [-0.4, -0.2) is 21.7 Å². The Morgan fingerprint density at radius 2 is 1.86 bits per heavy atom. The summed E-state index contributed by atoms with van der Waals surface area (Å²) < 4.78 is 18.3. The van der Waals surface area contributed by atoms with Gasteiger partial charge in [-0.15, -0.1) is 0 Å². The van der Waals surface area contributed by atoms with Gasteiger partial charge in [0.05, 0.1) is 16.8 Å². The second-order valence-corrected chi connectivity index (χ2v) is 7.64. The van der Waals surface area contributed by atoms with Gasteiger partial charge < -0.3 is 4.74 Å². The fraction of sp³-hybridized carbons (Fsp3) is 0.100. The summed E-state index contributed by atoms with van der Waals surface area (Å²) in [4.78, 5) is 32.6. The Morgan fingerprint density at radius 3 is 2.55 bits per heavy atom. The van der Waals surface area contributed by atoms with Crippen molar-refractivity contribution >= 4 is 46.7 Å². The van der Waals surface area contributed by atoms with E-state index in [9.17, 15) is 14.0 Å². The predicted octanol–water partition coefficient (Wildman–Crippen LogP) is 5.64. The zero-order valence-electron chi connectivity index (χ0n) is 15.0. The van der Waals surface area contributed by atoms with Gasteiger partial charge in [-0.05, 0) is 42.8 Å². The van der Waals surface area contributed by atoms with Gasteiger partial charge in [0.15, 0.2) is 16.6 Å². The van der Waals surface area contributed by atoms with Crippen molar-refractivity contribution in [3.05, 3.63) is 81.3 Å². The average molecular weight is 451 g/mol. The van der Waals surface area contributed by atoms with Crippen LogP contribution in [0.3, 0.4) is 0 Å². The number of aromatic nitrogens is 2. The summed E-state index contributed by atoms with van der Waals surface area (Å²) in [5.41, 5.74) is 0.904. The first-order valence-electron chi connectivity index (χ1n) is 8.26. The molecule has 0 saturated heterocycles. The van der Waals surface area contributed by atoms with E-state index in [2.05, 4.69) is 9.97 Å². The highest BCUT2D eigenvalue weighted by Gasteiger charge is 2.20. The third-order valence-corrected chi connectivity index (χ3v) is 5.16. The van der Waals surface area contributed by atoms with Crippen LogP contribution in [0, 0.1) is 5.82 Å². The monoisotopic (exact) mass is 450 g/mol. The van der Waals surface area contributed by atoms with Crippen molar-refractivity contribution in [2.45, 2.75) is 17.8 Å². The smallest absolute Gasteiger partial charge is 0.364 e. The molecule has 5 nitrogen and oxygen atoms in total. The van der Waals surface area contributed by atoms with Gasteiger partial charge in [0.1, 0.15) is 11.6 Å². The SMILES string of the molecule is CC(=O)c1cc(Cl)ccc1OC(=O)c1nc(SCc2ccc(F)cc2)ncc1Cl. The lowest BCUT2D eigenvalue weighted by atomic mass is 10.1. The lowest BCUT2D eigenvalue weighted by Gasteiger charge is -2.09. The van der Waals surface area contributed by atoms with E-state index in [1.165, 1.54) is 55.2 Å². The van der Waals surface area contributed by atoms with Crippen molar-refractivity contribution in [1.29, 1.82) is 0 Å². The summed E-state index contributed by atoms with van der Waals surface area (Å²) >= 11 is 13.2. The molecule has 3 rings (SSSR count). The predicted molar refractivity (Wildman–Crippen MR) is 109 cm³/mol. The molecule has 29 heavy (non-hydrogen) atoms. The van der Waals surface area contributed by atoms with Crippen LogP contribution in [0.1, 0.15) is 33.3 Å². The van der Waals surface area contributed by atoms with Crippen LogP contribution in [0.15, 0.2) is 53.8 Å². The van der Waals surface area contributed by atoms with E-state index in [0.717, 1.165) is 5.56 Å². The summed E-state index contributed by atoms with van der Waals surface area (Å²) in [6, 6.07) is 10.4. The Bertz CT molecular complexity index is 1080. The number of halogens is 3. The zero-order chi connectivity index (χ0) is 21.0. The van der Waals surface area contributed by atoms with Crippen molar-refractivity contribution in [3.8, 4) is 5.75 Å². The molecular formula is C20H13Cl2FN2O3S. The van der Waals surface area contributed by atoms with Gasteiger partial charge in [-0.1, -0.05) is 47.1 Å². The van der Waals surface area contributed by atoms with Crippen molar-refractivity contribution in [3.63, 3.8) is 0 Å². The lowest BCUT2D eigenvalue weighted by Crippen LogP contribution is -2.14. The molecule has 0 bridgehead atoms. The standard InChI is InChI=1S/C20H13Cl2FN2O3S/c1-11(26)15-8-13(21)4-7-17(15)28-19(27)18-16(22)9-24-20(25-18)29-10-12-2-5-14(23)6-3-12/h2-9H,10H2,1H3. The minimum Gasteiger partial charge on any atom is -0.421 e. The molecule has 0 fully saturated rings. The van der Waals surface area contributed by atoms with Gasteiger partial charge in [-0.25, -0.2) is 19.2 Å². The van der Waals surface area contributed by atoms with E-state index in [0.29, 0.717) is 15.9 Å². The van der Waals surface area contributed by atoms with Crippen LogP contribution in [0.5, 0.6) is 5.75 Å². The first-order valence-corrected chi connectivity index (χ1v) is 10.00. The van der Waals surface area contributed by atoms with Crippen LogP contribution in [0.2, 0.25) is 10.0 Å². The zero-order valence-corrected chi connectivity index (χ0v) is 17.3. The summed E-state index contributed by atoms with van der Waals surface area (Å²) in [6.45, 7) is 1.34. The van der Waals surface area contributed by atoms with Crippen LogP contribution in [0.25, 0.3) is 0 Å². The first-order chi connectivity index (χ1) is 13.8. The van der Waals surface area contributed by atoms with E-state index < -0.39 is 5.97 Å². The number of Topliss-reactive ketones (excluding diaryl/α,β-unsaturated/α-hetero) is 1. The third-order valence-electron chi connectivity index (χ3n) is 3.72. The van der Waals surface area contributed by atoms with Crippen molar-refractivity contribution < 1.29 is 18.7 Å². The Labute approximate surface area is 180 Å². The van der Waals surface area contributed by atoms with Crippen LogP contribution < -0.4 is 4.74 Å². The molecule has 1 heterocycles. The number of ether oxygens (including phenoxy) is 1. The van der Waals surface area contributed by atoms with Gasteiger partial charge in [-0.3, -0.25) is 4.79 Å². The lowest BCUT2D eigenvalue weighted by molar-refractivity contribution is 0.0725. The molecule has 0 aliphatic heterocycles. The molecule has 0 N–H and O–H groups in total. The van der Waals surface area contributed by atoms with Gasteiger partial charge in [0, 0.05) is 10.8 Å². The topological polar surface area (TPSA) is 69.2 Å². The van der Waals surface area contributed by atoms with Gasteiger partial charge in [-0.2, -0.15) is 0 Å². The molecule has 2 aromatic carbocycles. The Kier molecular flexibility index (Phi) is 6.84. The number of esters is 1. The maximum absolute atomic E-state index is 13.0. The maximum atomic E-state index is 13.0. The summed E-state index contributed by atoms with van der Waals surface area (Å²) in [5.74, 6) is -0.923. The Morgan fingerprint density at radius 1 is 1.14 bits per heavy atom. The third kappa shape index (κ3) is 5.53. The Hall–Kier alpha value is -2.48. The van der Waals surface area contributed by atoms with Crippen LogP contribution in [-0.2, 0) is 5.75 Å². The molecule has 0 radical (unpaired) electrons. The molecule has 0 aliphatic carbocycles. The van der Waals surface area contributed by atoms with Crippen molar-refractivity contribution in [1.82, 2.24) is 9.97 Å². The largest absolute Gasteiger partial charge is 0.421 e. The molecule has 9 heteroatoms. The second-order valence-electron chi connectivity index (χ2n) is 5.85. The van der Waals surface area contributed by atoms with Crippen molar-refractivity contribution in [2.75, 3.05) is 0 Å². The maximum Gasteiger partial charge on any atom is 0.364 e. The van der Waals surface area contributed by atoms with E-state index in [4.69, 9.17) is 27.9 Å². The normalized spacial score (nSPS) is 10.6. The second kappa shape index (κ2) is 9.35. The van der Waals surface area contributed by atoms with Crippen LogP contribution in [0.4, 0.5) is 4.39 Å². The molecule has 0 atom stereocenters. The van der Waals surface area contributed by atoms with Gasteiger partial charge in [0.25, 0.3) is 0 Å². The quantitative estimate of drug-likeness (QED) is 0.159. The van der Waals surface area contributed by atoms with E-state index >= 15 is 0 Å². The molecular weight excluding hydrogens is 438 g/mol. The van der Waals surface area contributed by atoms with E-state index in [1.54, 1.807) is 12.1 Å². The highest BCUT2D eigenvalue weighted by atomic mass is 35.5. The molecule has 0 amide bonds. The van der Waals surface area contributed by atoms with Crippen LogP contribution >= 0.6 is 35.0 Å². The minimum absolute atomic E-state index is 0.0134. The number of ketones is 1. The molecule has 0 saturated carbocycles. The molecule has 3 aromatic rings. The minimum atomic E-state index is -0.828. The molecule has 148 valence electrons. The summed E-state index contributed by atoms with van der Waals surface area (Å²) in [6.07, 6.45) is 1.30. The van der Waals surface area contributed by atoms with Gasteiger partial charge in [0.2, 0.25) is 0 Å². The number of benzene rings is 2. The highest BCUT2D eigenvalue weighted by molar-refractivity contribution is 7.98. The number of carbonyl (C=O) groups is 2. The number of rotatable bonds is 6. The van der Waals surface area contributed by atoms with Crippen molar-refractivity contribution in [2.24, 2.45) is 0 Å². The van der Waals surface area contributed by atoms with E-state index in [-0.39, 0.29) is 33.6 Å². The Balaban J connectivity index is 1.78. The molecule has 0 aliphatic rings. The molecule has 0 spiro atoms. The first kappa shape index (κ1) is 21.2. The molecule has 1 aromatic heterocycles. The van der Waals surface area contributed by atoms with E-state index in [1.807, 2.05) is 0 Å². The number of nitrogens with zero attached hydrogens (tertiary/aromatic N) is 2.